The Balaban J connectivity index is 2.03. The second-order valence-corrected chi connectivity index (χ2v) is 6.07. The highest BCUT2D eigenvalue weighted by Crippen LogP contribution is 2.47. The monoisotopic (exact) mass is 261 g/mol. The summed E-state index contributed by atoms with van der Waals surface area (Å²) >= 11 is 7.40. The van der Waals surface area contributed by atoms with E-state index in [1.807, 2.05) is 11.8 Å². The summed E-state index contributed by atoms with van der Waals surface area (Å²) in [7, 11) is 2.15. The molecule has 0 atom stereocenters. The normalized spacial score (nSPS) is 24.1. The van der Waals surface area contributed by atoms with Crippen LogP contribution in [-0.4, -0.2) is 11.9 Å². The van der Waals surface area contributed by atoms with E-state index in [1.165, 1.54) is 38.9 Å². The minimum atomic E-state index is 1.10. The van der Waals surface area contributed by atoms with Crippen molar-refractivity contribution in [1.29, 1.82) is 0 Å². The number of fused-ring (bicyclic) bond motifs is 1. The summed E-state index contributed by atoms with van der Waals surface area (Å²) < 4.78 is 0. The van der Waals surface area contributed by atoms with Gasteiger partial charge in [-0.1, -0.05) is 36.1 Å². The maximum atomic E-state index is 5.53. The molecule has 0 aromatic heterocycles. The second kappa shape index (κ2) is 4.46. The van der Waals surface area contributed by atoms with Gasteiger partial charge in [0.2, 0.25) is 0 Å². The van der Waals surface area contributed by atoms with Crippen LogP contribution in [-0.2, 0) is 0 Å². The number of allylic oxidation sites excluding steroid dienone is 1. The molecular formula is C14H15NS2. The summed E-state index contributed by atoms with van der Waals surface area (Å²) in [5.41, 5.74) is 2.73. The molecule has 1 aliphatic carbocycles. The molecule has 1 heterocycles. The van der Waals surface area contributed by atoms with E-state index in [4.69, 9.17) is 12.2 Å². The van der Waals surface area contributed by atoms with E-state index in [2.05, 4.69) is 36.2 Å². The molecule has 1 fully saturated rings. The Morgan fingerprint density at radius 3 is 2.71 bits per heavy atom. The maximum Gasteiger partial charge on any atom is 0.0842 e. The van der Waals surface area contributed by atoms with Crippen molar-refractivity contribution in [3.63, 3.8) is 0 Å². The molecule has 0 bridgehead atoms. The second-order valence-electron chi connectivity index (χ2n) is 4.54. The zero-order valence-electron chi connectivity index (χ0n) is 9.90. The van der Waals surface area contributed by atoms with Crippen LogP contribution in [0, 0.1) is 0 Å². The molecule has 1 saturated carbocycles. The molecule has 17 heavy (non-hydrogen) atoms. The Morgan fingerprint density at radius 1 is 1.18 bits per heavy atom. The molecule has 1 aliphatic heterocycles. The fourth-order valence-corrected chi connectivity index (χ4v) is 4.13. The van der Waals surface area contributed by atoms with Crippen LogP contribution in [0.25, 0.3) is 0 Å². The maximum absolute atomic E-state index is 5.53. The largest absolute Gasteiger partial charge is 0.338 e. The Morgan fingerprint density at radius 2 is 1.94 bits per heavy atom. The van der Waals surface area contributed by atoms with Gasteiger partial charge in [0.25, 0.3) is 0 Å². The van der Waals surface area contributed by atoms with Gasteiger partial charge < -0.3 is 4.90 Å². The standard InChI is InChI=1S/C14H15NS2/c1-15-11-7-3-5-9-13(11)17-14(15)10-6-2-4-8-12(10)16/h3,5,7,9H,2,4,6,8H2,1H3. The first kappa shape index (κ1) is 11.3. The first-order valence-electron chi connectivity index (χ1n) is 6.04. The number of nitrogens with zero attached hydrogens (tertiary/aromatic N) is 1. The van der Waals surface area contributed by atoms with Gasteiger partial charge in [-0.25, -0.2) is 0 Å². The van der Waals surface area contributed by atoms with Crippen LogP contribution in [0.4, 0.5) is 5.69 Å². The zero-order valence-corrected chi connectivity index (χ0v) is 11.5. The first-order valence-corrected chi connectivity index (χ1v) is 7.27. The fourth-order valence-electron chi connectivity index (χ4n) is 2.47. The molecule has 0 spiro atoms. The lowest BCUT2D eigenvalue weighted by atomic mass is 9.95. The van der Waals surface area contributed by atoms with Gasteiger partial charge in [0, 0.05) is 16.8 Å². The lowest BCUT2D eigenvalue weighted by Gasteiger charge is -2.22. The SMILES string of the molecule is CN1C(=C2CCCCC2=S)Sc2ccccc21. The fraction of sp³-hybridized carbons (Fsp3) is 0.357. The van der Waals surface area contributed by atoms with Crippen molar-refractivity contribution < 1.29 is 0 Å². The number of anilines is 1. The summed E-state index contributed by atoms with van der Waals surface area (Å²) in [6, 6.07) is 8.58. The van der Waals surface area contributed by atoms with Crippen LogP contribution in [0.15, 0.2) is 39.8 Å². The van der Waals surface area contributed by atoms with Gasteiger partial charge in [0.15, 0.2) is 0 Å². The number of thiocarbonyl (C=S) groups is 1. The van der Waals surface area contributed by atoms with Gasteiger partial charge in [-0.2, -0.15) is 0 Å². The van der Waals surface area contributed by atoms with Crippen LogP contribution in [0.2, 0.25) is 0 Å². The number of rotatable bonds is 0. The van der Waals surface area contributed by atoms with Crippen molar-refractivity contribution in [2.24, 2.45) is 0 Å². The molecule has 3 rings (SSSR count). The molecule has 2 aliphatic rings. The lowest BCUT2D eigenvalue weighted by Crippen LogP contribution is -2.17. The predicted octanol–water partition coefficient (Wildman–Crippen LogP) is 4.38. The minimum absolute atomic E-state index is 1.10. The number of thioether (sulfide) groups is 1. The van der Waals surface area contributed by atoms with Crippen LogP contribution in [0.3, 0.4) is 0 Å². The summed E-state index contributed by atoms with van der Waals surface area (Å²) in [6.07, 6.45) is 4.79. The van der Waals surface area contributed by atoms with Crippen molar-refractivity contribution in [3.05, 3.63) is 34.9 Å². The number of hydrogen-bond acceptors (Lipinski definition) is 3. The molecule has 88 valence electrons. The molecular weight excluding hydrogens is 246 g/mol. The smallest absolute Gasteiger partial charge is 0.0842 e. The topological polar surface area (TPSA) is 3.24 Å². The Labute approximate surface area is 112 Å². The van der Waals surface area contributed by atoms with Crippen molar-refractivity contribution in [2.45, 2.75) is 30.6 Å². The number of benzene rings is 1. The number of para-hydroxylation sites is 1. The highest BCUT2D eigenvalue weighted by Gasteiger charge is 2.26. The molecule has 0 saturated heterocycles. The van der Waals surface area contributed by atoms with Crippen LogP contribution in [0.5, 0.6) is 0 Å². The van der Waals surface area contributed by atoms with Crippen molar-refractivity contribution in [3.8, 4) is 0 Å². The highest BCUT2D eigenvalue weighted by molar-refractivity contribution is 8.03. The predicted molar refractivity (Wildman–Crippen MR) is 78.8 cm³/mol. The first-order chi connectivity index (χ1) is 8.27. The highest BCUT2D eigenvalue weighted by atomic mass is 32.2. The minimum Gasteiger partial charge on any atom is -0.338 e. The quantitative estimate of drug-likeness (QED) is 0.504. The van der Waals surface area contributed by atoms with Crippen LogP contribution < -0.4 is 4.90 Å². The lowest BCUT2D eigenvalue weighted by molar-refractivity contribution is 0.737. The third-order valence-corrected chi connectivity index (χ3v) is 5.14. The Hall–Kier alpha value is -0.800. The Kier molecular flexibility index (Phi) is 2.97. The summed E-state index contributed by atoms with van der Waals surface area (Å²) in [5.74, 6) is 0. The molecule has 1 nitrogen and oxygen atoms in total. The number of hydrogen-bond donors (Lipinski definition) is 0. The van der Waals surface area contributed by atoms with E-state index < -0.39 is 0 Å². The van der Waals surface area contributed by atoms with Crippen molar-refractivity contribution >= 4 is 34.5 Å². The van der Waals surface area contributed by atoms with Crippen molar-refractivity contribution in [2.75, 3.05) is 11.9 Å². The van der Waals surface area contributed by atoms with Gasteiger partial charge in [-0.05, 0) is 43.4 Å². The van der Waals surface area contributed by atoms with Crippen LogP contribution in [0.1, 0.15) is 25.7 Å². The van der Waals surface area contributed by atoms with Gasteiger partial charge in [-0.15, -0.1) is 0 Å². The summed E-state index contributed by atoms with van der Waals surface area (Å²) in [5, 5.41) is 1.36. The molecule has 0 unspecified atom stereocenters. The van der Waals surface area contributed by atoms with E-state index in [-0.39, 0.29) is 0 Å². The molecule has 1 aromatic rings. The molecule has 0 N–H and O–H groups in total. The van der Waals surface area contributed by atoms with Crippen LogP contribution >= 0.6 is 24.0 Å². The summed E-state index contributed by atoms with van der Waals surface area (Å²) in [6.45, 7) is 0. The average molecular weight is 261 g/mol. The van der Waals surface area contributed by atoms with E-state index in [0.717, 1.165) is 12.8 Å². The molecule has 0 radical (unpaired) electrons. The van der Waals surface area contributed by atoms with Gasteiger partial charge in [0.1, 0.15) is 0 Å². The third-order valence-electron chi connectivity index (χ3n) is 3.41. The molecule has 1 aromatic carbocycles. The van der Waals surface area contributed by atoms with E-state index in [9.17, 15) is 0 Å². The molecule has 0 amide bonds. The average Bonchev–Trinajstić information content (AvgIpc) is 2.68. The van der Waals surface area contributed by atoms with Gasteiger partial charge in [0.05, 0.1) is 10.7 Å². The molecule has 3 heteroatoms. The van der Waals surface area contributed by atoms with Gasteiger partial charge >= 0.3 is 0 Å². The van der Waals surface area contributed by atoms with E-state index >= 15 is 0 Å². The van der Waals surface area contributed by atoms with Crippen molar-refractivity contribution in [1.82, 2.24) is 0 Å². The van der Waals surface area contributed by atoms with Gasteiger partial charge in [-0.3, -0.25) is 0 Å². The zero-order chi connectivity index (χ0) is 11.8. The Bertz CT molecular complexity index is 505. The van der Waals surface area contributed by atoms with E-state index in [1.54, 1.807) is 0 Å². The third kappa shape index (κ3) is 1.91. The van der Waals surface area contributed by atoms with E-state index in [0.29, 0.717) is 0 Å². The summed E-state index contributed by atoms with van der Waals surface area (Å²) in [4.78, 5) is 4.83.